The molecule has 0 amide bonds. The highest BCUT2D eigenvalue weighted by atomic mass is 16.1. The van der Waals surface area contributed by atoms with Crippen molar-refractivity contribution in [3.8, 4) is 0 Å². The third-order valence-electron chi connectivity index (χ3n) is 3.36. The van der Waals surface area contributed by atoms with Gasteiger partial charge in [0.05, 0.1) is 0 Å². The van der Waals surface area contributed by atoms with Gasteiger partial charge in [-0.2, -0.15) is 0 Å². The van der Waals surface area contributed by atoms with Gasteiger partial charge in [0.25, 0.3) is 0 Å². The number of carbonyl (C=O) groups excluding carboxylic acids is 1. The van der Waals surface area contributed by atoms with Crippen molar-refractivity contribution in [2.24, 2.45) is 5.92 Å². The molecular weight excluding hydrogens is 197 g/mol. The van der Waals surface area contributed by atoms with Gasteiger partial charge in [0, 0.05) is 18.0 Å². The van der Waals surface area contributed by atoms with Crippen LogP contribution in [0.25, 0.3) is 0 Å². The maximum absolute atomic E-state index is 11.5. The standard InChI is InChI=1S/C13H16BNO/c14-12-8-11(15)7-6-9(12)4-5-10-2-1-3-13(10)16/h6-8,10H,1-5,15H2. The Kier molecular flexibility index (Phi) is 3.32. The molecule has 2 rings (SSSR count). The Morgan fingerprint density at radius 3 is 2.88 bits per heavy atom. The van der Waals surface area contributed by atoms with E-state index in [-0.39, 0.29) is 5.92 Å². The highest BCUT2D eigenvalue weighted by Gasteiger charge is 2.23. The normalized spacial score (nSPS) is 20.2. The molecule has 16 heavy (non-hydrogen) atoms. The summed E-state index contributed by atoms with van der Waals surface area (Å²) < 4.78 is 0. The van der Waals surface area contributed by atoms with Gasteiger partial charge in [0.1, 0.15) is 13.6 Å². The Morgan fingerprint density at radius 2 is 2.25 bits per heavy atom. The monoisotopic (exact) mass is 213 g/mol. The van der Waals surface area contributed by atoms with Gasteiger partial charge in [-0.15, -0.1) is 0 Å². The molecule has 1 aromatic carbocycles. The first-order valence-corrected chi connectivity index (χ1v) is 5.83. The Bertz CT molecular complexity index is 403. The van der Waals surface area contributed by atoms with Crippen LogP contribution in [0.15, 0.2) is 18.2 Å². The fourth-order valence-corrected chi connectivity index (χ4v) is 2.36. The SMILES string of the molecule is [B]c1cc(N)ccc1CCC1CCCC1=O. The number of hydrogen-bond donors (Lipinski definition) is 1. The van der Waals surface area contributed by atoms with E-state index in [1.807, 2.05) is 12.1 Å². The van der Waals surface area contributed by atoms with E-state index in [2.05, 4.69) is 0 Å². The van der Waals surface area contributed by atoms with Crippen LogP contribution < -0.4 is 11.2 Å². The van der Waals surface area contributed by atoms with Crippen LogP contribution in [0.5, 0.6) is 0 Å². The summed E-state index contributed by atoms with van der Waals surface area (Å²) in [5, 5.41) is 0. The third-order valence-corrected chi connectivity index (χ3v) is 3.36. The molecular formula is C13H16BNO. The highest BCUT2D eigenvalue weighted by Crippen LogP contribution is 2.25. The number of rotatable bonds is 3. The Morgan fingerprint density at radius 1 is 1.44 bits per heavy atom. The lowest BCUT2D eigenvalue weighted by Crippen LogP contribution is -2.14. The number of anilines is 1. The molecule has 2 nitrogen and oxygen atoms in total. The quantitative estimate of drug-likeness (QED) is 0.608. The van der Waals surface area contributed by atoms with Crippen molar-refractivity contribution in [3.63, 3.8) is 0 Å². The van der Waals surface area contributed by atoms with Crippen molar-refractivity contribution in [1.82, 2.24) is 0 Å². The molecule has 1 aliphatic rings. The average molecular weight is 213 g/mol. The number of nitrogens with two attached hydrogens (primary N) is 1. The topological polar surface area (TPSA) is 43.1 Å². The van der Waals surface area contributed by atoms with Gasteiger partial charge in [-0.25, -0.2) is 0 Å². The predicted molar refractivity (Wildman–Crippen MR) is 66.9 cm³/mol. The van der Waals surface area contributed by atoms with Crippen LogP contribution in [-0.2, 0) is 11.2 Å². The van der Waals surface area contributed by atoms with Crippen molar-refractivity contribution >= 4 is 24.8 Å². The molecule has 0 heterocycles. The van der Waals surface area contributed by atoms with Crippen LogP contribution in [-0.4, -0.2) is 13.6 Å². The second-order valence-corrected chi connectivity index (χ2v) is 4.55. The maximum Gasteiger partial charge on any atom is 0.135 e. The zero-order valence-electron chi connectivity index (χ0n) is 9.41. The summed E-state index contributed by atoms with van der Waals surface area (Å²) in [6.45, 7) is 0. The van der Waals surface area contributed by atoms with E-state index in [9.17, 15) is 4.79 Å². The minimum Gasteiger partial charge on any atom is -0.399 e. The highest BCUT2D eigenvalue weighted by molar-refractivity contribution is 6.33. The lowest BCUT2D eigenvalue weighted by molar-refractivity contribution is -0.120. The fraction of sp³-hybridized carbons (Fsp3) is 0.462. The van der Waals surface area contributed by atoms with E-state index in [1.54, 1.807) is 6.07 Å². The summed E-state index contributed by atoms with van der Waals surface area (Å²) in [4.78, 5) is 11.5. The summed E-state index contributed by atoms with van der Waals surface area (Å²) in [6.07, 6.45) is 4.67. The largest absolute Gasteiger partial charge is 0.399 e. The van der Waals surface area contributed by atoms with Crippen LogP contribution in [0.4, 0.5) is 5.69 Å². The van der Waals surface area contributed by atoms with Crippen LogP contribution in [0.1, 0.15) is 31.2 Å². The van der Waals surface area contributed by atoms with Crippen LogP contribution in [0.2, 0.25) is 0 Å². The van der Waals surface area contributed by atoms with Crippen LogP contribution >= 0.6 is 0 Å². The number of aryl methyl sites for hydroxylation is 1. The van der Waals surface area contributed by atoms with E-state index < -0.39 is 0 Å². The molecule has 1 aliphatic carbocycles. The van der Waals surface area contributed by atoms with Gasteiger partial charge >= 0.3 is 0 Å². The minimum absolute atomic E-state index is 0.261. The molecule has 3 heteroatoms. The third kappa shape index (κ3) is 2.46. The van der Waals surface area contributed by atoms with Gasteiger partial charge in [-0.3, -0.25) is 4.79 Å². The second kappa shape index (κ2) is 4.73. The van der Waals surface area contributed by atoms with Crippen molar-refractivity contribution in [3.05, 3.63) is 23.8 Å². The Balaban J connectivity index is 1.96. The molecule has 1 fully saturated rings. The lowest BCUT2D eigenvalue weighted by atomic mass is 9.86. The molecule has 0 saturated heterocycles. The summed E-state index contributed by atoms with van der Waals surface area (Å²) in [5.41, 5.74) is 8.17. The van der Waals surface area contributed by atoms with Crippen LogP contribution in [0, 0.1) is 5.92 Å². The van der Waals surface area contributed by atoms with E-state index in [0.29, 0.717) is 11.5 Å². The molecule has 2 N–H and O–H groups in total. The van der Waals surface area contributed by atoms with Gasteiger partial charge in [-0.1, -0.05) is 17.1 Å². The molecule has 0 bridgehead atoms. The zero-order chi connectivity index (χ0) is 11.5. The average Bonchev–Trinajstić information content (AvgIpc) is 2.63. The molecule has 0 aromatic heterocycles. The maximum atomic E-state index is 11.5. The fourth-order valence-electron chi connectivity index (χ4n) is 2.36. The van der Waals surface area contributed by atoms with Crippen molar-refractivity contribution in [2.75, 3.05) is 5.73 Å². The summed E-state index contributed by atoms with van der Waals surface area (Å²) >= 11 is 0. The molecule has 0 spiro atoms. The number of nitrogen functional groups attached to an aromatic ring is 1. The number of hydrogen-bond acceptors (Lipinski definition) is 2. The smallest absolute Gasteiger partial charge is 0.135 e. The number of ketones is 1. The van der Waals surface area contributed by atoms with Crippen molar-refractivity contribution in [1.29, 1.82) is 0 Å². The van der Waals surface area contributed by atoms with Crippen molar-refractivity contribution in [2.45, 2.75) is 32.1 Å². The number of benzene rings is 1. The van der Waals surface area contributed by atoms with Crippen LogP contribution in [0.3, 0.4) is 0 Å². The summed E-state index contributed by atoms with van der Waals surface area (Å²) in [5.74, 6) is 0.686. The molecule has 1 atom stereocenters. The van der Waals surface area contributed by atoms with Gasteiger partial charge in [-0.05, 0) is 37.8 Å². The number of Topliss-reactive ketones (excluding diaryl/α,β-unsaturated/α-hetero) is 1. The lowest BCUT2D eigenvalue weighted by Gasteiger charge is -2.10. The van der Waals surface area contributed by atoms with Gasteiger partial charge in [0.2, 0.25) is 0 Å². The summed E-state index contributed by atoms with van der Waals surface area (Å²) in [6, 6.07) is 5.61. The molecule has 0 aliphatic heterocycles. The van der Waals surface area contributed by atoms with Gasteiger partial charge < -0.3 is 5.73 Å². The number of carbonyl (C=O) groups is 1. The molecule has 2 radical (unpaired) electrons. The molecule has 1 aromatic rings. The van der Waals surface area contributed by atoms with E-state index in [4.69, 9.17) is 13.6 Å². The van der Waals surface area contributed by atoms with E-state index in [0.717, 1.165) is 43.1 Å². The zero-order valence-corrected chi connectivity index (χ0v) is 9.41. The first-order chi connectivity index (χ1) is 7.66. The summed E-state index contributed by atoms with van der Waals surface area (Å²) in [7, 11) is 5.88. The predicted octanol–water partition coefficient (Wildman–Crippen LogP) is 1.36. The molecule has 82 valence electrons. The first kappa shape index (κ1) is 11.2. The second-order valence-electron chi connectivity index (χ2n) is 4.55. The van der Waals surface area contributed by atoms with Crippen molar-refractivity contribution < 1.29 is 4.79 Å². The minimum atomic E-state index is 0.261. The van der Waals surface area contributed by atoms with Gasteiger partial charge in [0.15, 0.2) is 0 Å². The Hall–Kier alpha value is -1.25. The van der Waals surface area contributed by atoms with E-state index in [1.165, 1.54) is 0 Å². The molecule has 1 unspecified atom stereocenters. The molecule has 1 saturated carbocycles. The first-order valence-electron chi connectivity index (χ1n) is 5.83. The Labute approximate surface area is 97.6 Å². The van der Waals surface area contributed by atoms with E-state index >= 15 is 0 Å².